The van der Waals surface area contributed by atoms with E-state index in [9.17, 15) is 0 Å². The fourth-order valence-corrected chi connectivity index (χ4v) is 2.45. The Hall–Kier alpha value is -1.81. The number of nitrogens with zero attached hydrogens (tertiary/aromatic N) is 2. The number of nitrogens with one attached hydrogen (secondary N) is 2. The van der Waals surface area contributed by atoms with Crippen LogP contribution >= 0.6 is 0 Å². The molecule has 1 aromatic carbocycles. The van der Waals surface area contributed by atoms with Crippen molar-refractivity contribution in [2.45, 2.75) is 0 Å². The number of anilines is 2. The van der Waals surface area contributed by atoms with Crippen molar-refractivity contribution in [3.63, 3.8) is 0 Å². The van der Waals surface area contributed by atoms with Crippen LogP contribution in [0.2, 0.25) is 0 Å². The second-order valence-corrected chi connectivity index (χ2v) is 4.56. The van der Waals surface area contributed by atoms with Gasteiger partial charge in [-0.2, -0.15) is 0 Å². The molecule has 0 saturated carbocycles. The van der Waals surface area contributed by atoms with Crippen LogP contribution in [0.5, 0.6) is 0 Å². The lowest BCUT2D eigenvalue weighted by Crippen LogP contribution is -2.43. The Morgan fingerprint density at radius 3 is 2.83 bits per heavy atom. The van der Waals surface area contributed by atoms with E-state index in [0.717, 1.165) is 37.7 Å². The van der Waals surface area contributed by atoms with Crippen LogP contribution in [-0.4, -0.2) is 38.2 Å². The molecule has 94 valence electrons. The summed E-state index contributed by atoms with van der Waals surface area (Å²) in [5, 5.41) is 9.02. The van der Waals surface area contributed by atoms with Crippen molar-refractivity contribution in [2.24, 2.45) is 0 Å². The average Bonchev–Trinajstić information content (AvgIpc) is 2.47. The maximum atomic E-state index is 4.56. The number of benzene rings is 1. The van der Waals surface area contributed by atoms with Gasteiger partial charge in [-0.3, -0.25) is 0 Å². The number of rotatable bonds is 2. The molecule has 4 nitrogen and oxygen atoms in total. The second-order valence-electron chi connectivity index (χ2n) is 4.56. The molecule has 0 atom stereocenters. The average molecular weight is 242 g/mol. The van der Waals surface area contributed by atoms with Gasteiger partial charge in [-0.05, 0) is 29.7 Å². The van der Waals surface area contributed by atoms with E-state index >= 15 is 0 Å². The molecule has 2 N–H and O–H groups in total. The molecule has 1 aliphatic rings. The lowest BCUT2D eigenvalue weighted by Gasteiger charge is -2.29. The van der Waals surface area contributed by atoms with Crippen LogP contribution in [0.15, 0.2) is 30.5 Å². The molecule has 1 fully saturated rings. The van der Waals surface area contributed by atoms with Gasteiger partial charge in [-0.15, -0.1) is 0 Å². The van der Waals surface area contributed by atoms with Crippen LogP contribution in [0.3, 0.4) is 0 Å². The third-order valence-electron chi connectivity index (χ3n) is 3.45. The first-order valence-corrected chi connectivity index (χ1v) is 6.41. The number of hydrogen-bond donors (Lipinski definition) is 2. The van der Waals surface area contributed by atoms with Crippen LogP contribution in [0.1, 0.15) is 0 Å². The van der Waals surface area contributed by atoms with Gasteiger partial charge in [0.25, 0.3) is 0 Å². The van der Waals surface area contributed by atoms with Gasteiger partial charge in [-0.1, -0.05) is 0 Å². The minimum atomic E-state index is 1.03. The Balaban J connectivity index is 2.05. The minimum absolute atomic E-state index is 1.03. The molecule has 2 aromatic rings. The van der Waals surface area contributed by atoms with E-state index in [2.05, 4.69) is 44.8 Å². The van der Waals surface area contributed by atoms with Crippen molar-refractivity contribution < 1.29 is 0 Å². The third kappa shape index (κ3) is 1.99. The summed E-state index contributed by atoms with van der Waals surface area (Å²) in [6.07, 6.45) is 1.90. The number of fused-ring (bicyclic) bond motifs is 1. The van der Waals surface area contributed by atoms with E-state index in [1.54, 1.807) is 0 Å². The maximum Gasteiger partial charge on any atom is 0.136 e. The zero-order valence-corrected chi connectivity index (χ0v) is 10.6. The number of hydrogen-bond acceptors (Lipinski definition) is 4. The van der Waals surface area contributed by atoms with Gasteiger partial charge >= 0.3 is 0 Å². The Labute approximate surface area is 107 Å². The molecule has 0 spiro atoms. The molecule has 2 heterocycles. The fourth-order valence-electron chi connectivity index (χ4n) is 2.45. The highest BCUT2D eigenvalue weighted by Gasteiger charge is 2.14. The van der Waals surface area contributed by atoms with Crippen molar-refractivity contribution in [3.8, 4) is 0 Å². The summed E-state index contributed by atoms with van der Waals surface area (Å²) in [6, 6.07) is 8.51. The Bertz CT molecular complexity index is 546. The van der Waals surface area contributed by atoms with Crippen LogP contribution in [-0.2, 0) is 0 Å². The summed E-state index contributed by atoms with van der Waals surface area (Å²) >= 11 is 0. The lowest BCUT2D eigenvalue weighted by molar-refractivity contribution is 0.586. The van der Waals surface area contributed by atoms with E-state index < -0.39 is 0 Å². The van der Waals surface area contributed by atoms with Crippen LogP contribution < -0.4 is 15.5 Å². The van der Waals surface area contributed by atoms with Gasteiger partial charge in [0.1, 0.15) is 5.82 Å². The molecule has 0 aliphatic carbocycles. The van der Waals surface area contributed by atoms with E-state index in [4.69, 9.17) is 0 Å². The summed E-state index contributed by atoms with van der Waals surface area (Å²) in [5.74, 6) is 1.11. The first-order valence-electron chi connectivity index (χ1n) is 6.41. The lowest BCUT2D eigenvalue weighted by atomic mass is 10.1. The molecule has 3 rings (SSSR count). The molecule has 4 heteroatoms. The summed E-state index contributed by atoms with van der Waals surface area (Å²) in [5.41, 5.74) is 1.14. The van der Waals surface area contributed by atoms with Crippen molar-refractivity contribution in [1.82, 2.24) is 10.3 Å². The molecule has 1 aliphatic heterocycles. The quantitative estimate of drug-likeness (QED) is 0.840. The normalized spacial score (nSPS) is 15.9. The zero-order valence-electron chi connectivity index (χ0n) is 10.6. The first-order chi connectivity index (χ1) is 8.88. The highest BCUT2D eigenvalue weighted by atomic mass is 15.2. The molecule has 0 amide bonds. The van der Waals surface area contributed by atoms with Gasteiger partial charge in [-0.25, -0.2) is 4.98 Å². The van der Waals surface area contributed by atoms with Crippen molar-refractivity contribution >= 4 is 22.3 Å². The Morgan fingerprint density at radius 2 is 2.06 bits per heavy atom. The van der Waals surface area contributed by atoms with E-state index in [-0.39, 0.29) is 0 Å². The van der Waals surface area contributed by atoms with Gasteiger partial charge < -0.3 is 15.5 Å². The van der Waals surface area contributed by atoms with E-state index in [1.165, 1.54) is 10.8 Å². The summed E-state index contributed by atoms with van der Waals surface area (Å²) < 4.78 is 0. The largest absolute Gasteiger partial charge is 0.388 e. The van der Waals surface area contributed by atoms with Crippen molar-refractivity contribution in [1.29, 1.82) is 0 Å². The first kappa shape index (κ1) is 11.3. The summed E-state index contributed by atoms with van der Waals surface area (Å²) in [7, 11) is 1.94. The number of pyridine rings is 1. The molecular formula is C14H18N4. The van der Waals surface area contributed by atoms with Crippen LogP contribution in [0, 0.1) is 0 Å². The van der Waals surface area contributed by atoms with Gasteiger partial charge in [0.05, 0.1) is 0 Å². The summed E-state index contributed by atoms with van der Waals surface area (Å²) in [4.78, 5) is 6.92. The molecule has 0 unspecified atom stereocenters. The van der Waals surface area contributed by atoms with E-state index in [0.29, 0.717) is 0 Å². The molecule has 1 saturated heterocycles. The third-order valence-corrected chi connectivity index (χ3v) is 3.45. The fraction of sp³-hybridized carbons (Fsp3) is 0.357. The number of piperazine rings is 1. The smallest absolute Gasteiger partial charge is 0.136 e. The topological polar surface area (TPSA) is 40.2 Å². The highest BCUT2D eigenvalue weighted by molar-refractivity contribution is 5.94. The molecule has 0 radical (unpaired) electrons. The zero-order chi connectivity index (χ0) is 12.4. The molecule has 18 heavy (non-hydrogen) atoms. The highest BCUT2D eigenvalue weighted by Crippen LogP contribution is 2.26. The SMILES string of the molecule is CNc1ccc2c(N3CCNCC3)nccc2c1. The monoisotopic (exact) mass is 242 g/mol. The van der Waals surface area contributed by atoms with Crippen LogP contribution in [0.25, 0.3) is 10.8 Å². The minimum Gasteiger partial charge on any atom is -0.388 e. The Kier molecular flexibility index (Phi) is 3.02. The standard InChI is InChI=1S/C14H18N4/c1-15-12-2-3-13-11(10-12)4-5-17-14(13)18-8-6-16-7-9-18/h2-5,10,15-16H,6-9H2,1H3. The molecule has 1 aromatic heterocycles. The number of aromatic nitrogens is 1. The van der Waals surface area contributed by atoms with Crippen LogP contribution in [0.4, 0.5) is 11.5 Å². The van der Waals surface area contributed by atoms with Gasteiger partial charge in [0.2, 0.25) is 0 Å². The van der Waals surface area contributed by atoms with Gasteiger partial charge in [0, 0.05) is 50.5 Å². The van der Waals surface area contributed by atoms with Gasteiger partial charge in [0.15, 0.2) is 0 Å². The van der Waals surface area contributed by atoms with Crippen molar-refractivity contribution in [2.75, 3.05) is 43.4 Å². The predicted molar refractivity (Wildman–Crippen MR) is 76.4 cm³/mol. The summed E-state index contributed by atoms with van der Waals surface area (Å²) in [6.45, 7) is 4.12. The Morgan fingerprint density at radius 1 is 1.22 bits per heavy atom. The van der Waals surface area contributed by atoms with Crippen molar-refractivity contribution in [3.05, 3.63) is 30.5 Å². The molecular weight excluding hydrogens is 224 g/mol. The molecule has 0 bridgehead atoms. The predicted octanol–water partition coefficient (Wildman–Crippen LogP) is 1.69. The van der Waals surface area contributed by atoms with E-state index in [1.807, 2.05) is 13.2 Å². The maximum absolute atomic E-state index is 4.56. The second kappa shape index (κ2) is 4.82.